The van der Waals surface area contributed by atoms with Crippen LogP contribution < -0.4 is 16.0 Å². The number of nitrogens with two attached hydrogens (primary N) is 1. The number of carbonyl (C=O) groups excluding carboxylic acids is 2. The number of benzene rings is 1. The summed E-state index contributed by atoms with van der Waals surface area (Å²) in [6.45, 7) is 1.79. The molecule has 0 saturated heterocycles. The van der Waals surface area contributed by atoms with Crippen LogP contribution in [-0.2, 0) is 10.9 Å². The van der Waals surface area contributed by atoms with Gasteiger partial charge in [-0.2, -0.15) is 18.3 Å². The molecule has 1 aromatic heterocycles. The summed E-state index contributed by atoms with van der Waals surface area (Å²) < 4.78 is 45.4. The molecule has 158 valence electrons. The highest BCUT2D eigenvalue weighted by Crippen LogP contribution is 2.34. The van der Waals surface area contributed by atoms with Crippen molar-refractivity contribution in [1.29, 1.82) is 0 Å². The molecule has 2 amide bonds. The zero-order valence-electron chi connectivity index (χ0n) is 15.6. The van der Waals surface area contributed by atoms with Crippen LogP contribution in [0.2, 0.25) is 0 Å². The molecule has 0 radical (unpaired) electrons. The number of alkyl halides is 3. The number of fused-ring (bicyclic) bond motifs is 1. The monoisotopic (exact) mass is 439 g/mol. The van der Waals surface area contributed by atoms with Crippen molar-refractivity contribution in [2.24, 2.45) is 5.73 Å². The lowest BCUT2D eigenvalue weighted by molar-refractivity contribution is -0.137. The van der Waals surface area contributed by atoms with Crippen LogP contribution in [0, 0.1) is 0 Å². The number of halogens is 3. The molecule has 0 spiro atoms. The van der Waals surface area contributed by atoms with Gasteiger partial charge >= 0.3 is 12.3 Å². The number of amides is 2. The molecule has 3 rings (SSSR count). The number of hydrogen-bond donors (Lipinski definition) is 2. The van der Waals surface area contributed by atoms with E-state index < -0.39 is 23.7 Å². The van der Waals surface area contributed by atoms with Crippen molar-refractivity contribution in [3.8, 4) is 0 Å². The van der Waals surface area contributed by atoms with Crippen molar-refractivity contribution in [2.45, 2.75) is 13.1 Å². The molecule has 2 aromatic rings. The second-order valence-corrected chi connectivity index (χ2v) is 6.47. The van der Waals surface area contributed by atoms with Gasteiger partial charge in [-0.15, -0.1) is 0 Å². The van der Waals surface area contributed by atoms with Crippen LogP contribution in [0.25, 0.3) is 5.70 Å². The van der Waals surface area contributed by atoms with Gasteiger partial charge in [0, 0.05) is 12.1 Å². The molecule has 0 fully saturated rings. The van der Waals surface area contributed by atoms with Crippen LogP contribution in [0.15, 0.2) is 36.5 Å². The van der Waals surface area contributed by atoms with E-state index in [1.54, 1.807) is 13.0 Å². The number of hydrogen-bond acceptors (Lipinski definition) is 5. The van der Waals surface area contributed by atoms with E-state index in [1.807, 2.05) is 0 Å². The summed E-state index contributed by atoms with van der Waals surface area (Å²) in [6, 6.07) is 4.69. The van der Waals surface area contributed by atoms with Crippen LogP contribution >= 0.6 is 12.2 Å². The highest BCUT2D eigenvalue weighted by molar-refractivity contribution is 7.80. The van der Waals surface area contributed by atoms with E-state index in [9.17, 15) is 22.8 Å². The predicted molar refractivity (Wildman–Crippen MR) is 106 cm³/mol. The first-order chi connectivity index (χ1) is 14.1. The Labute approximate surface area is 174 Å². The maximum Gasteiger partial charge on any atom is 0.416 e. The molecule has 1 aliphatic heterocycles. The van der Waals surface area contributed by atoms with Crippen LogP contribution in [0.3, 0.4) is 0 Å². The number of primary amides is 1. The van der Waals surface area contributed by atoms with Gasteiger partial charge in [-0.25, -0.2) is 9.48 Å². The van der Waals surface area contributed by atoms with Gasteiger partial charge in [0.05, 0.1) is 24.1 Å². The lowest BCUT2D eigenvalue weighted by Crippen LogP contribution is -2.46. The van der Waals surface area contributed by atoms with Gasteiger partial charge in [0.15, 0.2) is 10.9 Å². The molecule has 0 aliphatic carbocycles. The second kappa shape index (κ2) is 8.14. The third-order valence-corrected chi connectivity index (χ3v) is 4.50. The summed E-state index contributed by atoms with van der Waals surface area (Å²) in [7, 11) is 0. The number of ether oxygens (including phenoxy) is 1. The van der Waals surface area contributed by atoms with Gasteiger partial charge < -0.3 is 10.5 Å². The van der Waals surface area contributed by atoms with E-state index in [4.69, 9.17) is 22.7 Å². The van der Waals surface area contributed by atoms with Crippen molar-refractivity contribution in [3.05, 3.63) is 53.2 Å². The maximum atomic E-state index is 13.1. The summed E-state index contributed by atoms with van der Waals surface area (Å²) in [5.74, 6) is -0.690. The Hall–Kier alpha value is -3.41. The number of rotatable bonds is 3. The number of nitrogens with zero attached hydrogens (tertiary/aromatic N) is 3. The summed E-state index contributed by atoms with van der Waals surface area (Å²) in [5.41, 5.74) is 5.11. The molecule has 1 aromatic carbocycles. The fourth-order valence-electron chi connectivity index (χ4n) is 2.90. The van der Waals surface area contributed by atoms with Crippen molar-refractivity contribution < 1.29 is 27.5 Å². The van der Waals surface area contributed by atoms with Crippen LogP contribution in [0.1, 0.15) is 28.4 Å². The molecule has 0 saturated carbocycles. The molecular weight excluding hydrogens is 423 g/mol. The van der Waals surface area contributed by atoms with Crippen LogP contribution in [0.5, 0.6) is 0 Å². The fraction of sp³-hybridized carbons (Fsp3) is 0.222. The molecule has 0 atom stereocenters. The van der Waals surface area contributed by atoms with E-state index >= 15 is 0 Å². The third kappa shape index (κ3) is 4.13. The number of carbonyl (C=O) groups is 2. The van der Waals surface area contributed by atoms with E-state index in [0.717, 1.165) is 12.1 Å². The number of thiocarbonyl (C=S) groups is 1. The maximum absolute atomic E-state index is 13.1. The molecule has 8 nitrogen and oxygen atoms in total. The number of nitrogens with one attached hydrogen (secondary N) is 1. The van der Waals surface area contributed by atoms with Crippen molar-refractivity contribution in [3.63, 3.8) is 0 Å². The molecule has 12 heteroatoms. The van der Waals surface area contributed by atoms with E-state index in [1.165, 1.54) is 27.9 Å². The Balaban J connectivity index is 2.04. The van der Waals surface area contributed by atoms with Gasteiger partial charge in [0.1, 0.15) is 5.56 Å². The predicted octanol–water partition coefficient (Wildman–Crippen LogP) is 2.74. The quantitative estimate of drug-likeness (QED) is 0.713. The second-order valence-electron chi connectivity index (χ2n) is 6.09. The van der Waals surface area contributed by atoms with Crippen molar-refractivity contribution in [2.75, 3.05) is 18.1 Å². The molecule has 30 heavy (non-hydrogen) atoms. The average molecular weight is 439 g/mol. The lowest BCUT2D eigenvalue weighted by Gasteiger charge is -2.30. The molecule has 1 aliphatic rings. The minimum atomic E-state index is -4.52. The number of anilines is 1. The highest BCUT2D eigenvalue weighted by Gasteiger charge is 2.33. The highest BCUT2D eigenvalue weighted by atomic mass is 32.1. The van der Waals surface area contributed by atoms with Crippen LogP contribution in [-0.4, -0.2) is 40.0 Å². The van der Waals surface area contributed by atoms with Gasteiger partial charge in [-0.05, 0) is 37.4 Å². The lowest BCUT2D eigenvalue weighted by atomic mass is 10.1. The van der Waals surface area contributed by atoms with Crippen molar-refractivity contribution in [1.82, 2.24) is 15.1 Å². The fourth-order valence-corrected chi connectivity index (χ4v) is 3.14. The van der Waals surface area contributed by atoms with Gasteiger partial charge in [-0.3, -0.25) is 15.0 Å². The van der Waals surface area contributed by atoms with Gasteiger partial charge in [0.25, 0.3) is 5.91 Å². The van der Waals surface area contributed by atoms with E-state index in [0.29, 0.717) is 5.70 Å². The van der Waals surface area contributed by atoms with E-state index in [-0.39, 0.29) is 35.2 Å². The first-order valence-corrected chi connectivity index (χ1v) is 9.05. The molecule has 0 unspecified atom stereocenters. The Bertz CT molecular complexity index is 1050. The summed E-state index contributed by atoms with van der Waals surface area (Å²) in [5, 5.41) is 6.37. The van der Waals surface area contributed by atoms with Crippen molar-refractivity contribution >= 4 is 40.8 Å². The standard InChI is InChI=1S/C18H16F3N5O3S/c1-2-29-17(28)24-16(30)25-7-6-13(26-15(25)12(9-23-26)14(22)27)10-4-3-5-11(8-10)18(19,20)21/h3-6,8-9H,2,7H2,1H3,(H2,22,27)(H,24,28,30). The minimum Gasteiger partial charge on any atom is -0.450 e. The van der Waals surface area contributed by atoms with Gasteiger partial charge in [0.2, 0.25) is 0 Å². The topological polar surface area (TPSA) is 102 Å². The normalized spacial score (nSPS) is 13.3. The van der Waals surface area contributed by atoms with E-state index in [2.05, 4.69) is 10.4 Å². The molecule has 0 bridgehead atoms. The molecular formula is C18H16F3N5O3S. The number of aromatic nitrogens is 2. The first-order valence-electron chi connectivity index (χ1n) is 8.64. The molecule has 2 heterocycles. The minimum absolute atomic E-state index is 0.0133. The Kier molecular flexibility index (Phi) is 5.78. The Morgan fingerprint density at radius 1 is 1.37 bits per heavy atom. The SMILES string of the molecule is CCOC(=O)NC(=S)N1CC=C(c2cccc(C(F)(F)F)c2)n2ncc(C(N)=O)c21. The summed E-state index contributed by atoms with van der Waals surface area (Å²) in [6.07, 6.45) is -2.56. The Morgan fingerprint density at radius 2 is 2.10 bits per heavy atom. The number of alkyl carbamates (subject to hydrolysis) is 1. The molecule has 3 N–H and O–H groups in total. The third-order valence-electron chi connectivity index (χ3n) is 4.18. The summed E-state index contributed by atoms with van der Waals surface area (Å²) >= 11 is 5.22. The zero-order chi connectivity index (χ0) is 22.1. The van der Waals surface area contributed by atoms with Crippen LogP contribution in [0.4, 0.5) is 23.8 Å². The van der Waals surface area contributed by atoms with Gasteiger partial charge in [-0.1, -0.05) is 12.1 Å². The smallest absolute Gasteiger partial charge is 0.416 e. The average Bonchev–Trinajstić information content (AvgIpc) is 3.12. The summed E-state index contributed by atoms with van der Waals surface area (Å²) in [4.78, 5) is 24.9. The Morgan fingerprint density at radius 3 is 2.73 bits per heavy atom. The largest absolute Gasteiger partial charge is 0.450 e. The zero-order valence-corrected chi connectivity index (χ0v) is 16.4. The first kappa shape index (κ1) is 21.3.